The zero-order chi connectivity index (χ0) is 17.6. The van der Waals surface area contributed by atoms with Gasteiger partial charge in [-0.1, -0.05) is 24.3 Å². The van der Waals surface area contributed by atoms with Crippen molar-refractivity contribution >= 4 is 5.97 Å². The number of esters is 1. The summed E-state index contributed by atoms with van der Waals surface area (Å²) in [7, 11) is 0. The van der Waals surface area contributed by atoms with Crippen molar-refractivity contribution in [1.82, 2.24) is 20.2 Å². The number of nitrogens with zero attached hydrogens (tertiary/aromatic N) is 4. The van der Waals surface area contributed by atoms with Crippen molar-refractivity contribution < 1.29 is 14.3 Å². The first kappa shape index (κ1) is 16.6. The Labute approximate surface area is 145 Å². The fraction of sp³-hybridized carbons (Fsp3) is 0.222. The minimum absolute atomic E-state index is 0.0307. The molecular formula is C18H18N4O3. The van der Waals surface area contributed by atoms with Crippen LogP contribution in [0.5, 0.6) is 5.75 Å². The van der Waals surface area contributed by atoms with Crippen LogP contribution in [-0.2, 0) is 16.1 Å². The van der Waals surface area contributed by atoms with E-state index in [1.165, 1.54) is 10.2 Å². The lowest BCUT2D eigenvalue weighted by molar-refractivity contribution is -0.147. The summed E-state index contributed by atoms with van der Waals surface area (Å²) >= 11 is 0. The van der Waals surface area contributed by atoms with E-state index >= 15 is 0 Å². The number of carbonyl (C=O) groups is 1. The molecule has 0 fully saturated rings. The van der Waals surface area contributed by atoms with Crippen LogP contribution in [0.3, 0.4) is 0 Å². The van der Waals surface area contributed by atoms with Gasteiger partial charge < -0.3 is 9.47 Å². The summed E-state index contributed by atoms with van der Waals surface area (Å²) in [6.45, 7) is 3.81. The molecule has 0 atom stereocenters. The highest BCUT2D eigenvalue weighted by molar-refractivity contribution is 5.71. The molecule has 2 aromatic carbocycles. The van der Waals surface area contributed by atoms with Crippen LogP contribution in [0.4, 0.5) is 0 Å². The van der Waals surface area contributed by atoms with Gasteiger partial charge in [0.15, 0.2) is 19.0 Å². The van der Waals surface area contributed by atoms with Crippen molar-refractivity contribution in [2.75, 3.05) is 6.61 Å². The zero-order valence-corrected chi connectivity index (χ0v) is 14.0. The van der Waals surface area contributed by atoms with Crippen LogP contribution in [0.1, 0.15) is 17.0 Å². The molecule has 0 aliphatic carbocycles. The molecule has 0 spiro atoms. The fourth-order valence-corrected chi connectivity index (χ4v) is 2.20. The largest absolute Gasteiger partial charge is 0.482 e. The fourth-order valence-electron chi connectivity index (χ4n) is 2.20. The monoisotopic (exact) mass is 338 g/mol. The zero-order valence-electron chi connectivity index (χ0n) is 14.0. The highest BCUT2D eigenvalue weighted by atomic mass is 16.6. The number of benzene rings is 2. The Bertz CT molecular complexity index is 862. The Kier molecular flexibility index (Phi) is 5.03. The van der Waals surface area contributed by atoms with E-state index in [0.717, 1.165) is 11.3 Å². The lowest BCUT2D eigenvalue weighted by Gasteiger charge is -2.09. The van der Waals surface area contributed by atoms with Crippen molar-refractivity contribution in [2.45, 2.75) is 20.5 Å². The maximum atomic E-state index is 11.9. The van der Waals surface area contributed by atoms with Gasteiger partial charge in [0.05, 0.1) is 5.69 Å². The van der Waals surface area contributed by atoms with Crippen LogP contribution in [-0.4, -0.2) is 32.8 Å². The third-order valence-corrected chi connectivity index (χ3v) is 3.73. The van der Waals surface area contributed by atoms with E-state index in [2.05, 4.69) is 15.5 Å². The van der Waals surface area contributed by atoms with Crippen molar-refractivity contribution in [2.24, 2.45) is 0 Å². The number of aromatic nitrogens is 4. The predicted molar refractivity (Wildman–Crippen MR) is 90.4 cm³/mol. The second-order valence-corrected chi connectivity index (χ2v) is 5.54. The van der Waals surface area contributed by atoms with E-state index in [9.17, 15) is 4.79 Å². The average molecular weight is 338 g/mol. The Morgan fingerprint density at radius 1 is 1.08 bits per heavy atom. The SMILES string of the molecule is Cc1ccc(OCC(=O)OCc2nnnn2-c2ccccc2)cc1C. The van der Waals surface area contributed by atoms with Crippen molar-refractivity contribution in [3.63, 3.8) is 0 Å². The van der Waals surface area contributed by atoms with Gasteiger partial charge in [0.2, 0.25) is 0 Å². The minimum Gasteiger partial charge on any atom is -0.482 e. The van der Waals surface area contributed by atoms with E-state index in [1.807, 2.05) is 62.4 Å². The Morgan fingerprint density at radius 3 is 2.64 bits per heavy atom. The first-order valence-electron chi connectivity index (χ1n) is 7.82. The van der Waals surface area contributed by atoms with Gasteiger partial charge in [-0.05, 0) is 59.7 Å². The molecule has 3 rings (SSSR count). The van der Waals surface area contributed by atoms with Crippen LogP contribution in [0.25, 0.3) is 5.69 Å². The van der Waals surface area contributed by atoms with Crippen molar-refractivity contribution in [3.05, 3.63) is 65.5 Å². The highest BCUT2D eigenvalue weighted by Gasteiger charge is 2.11. The molecule has 0 amide bonds. The molecule has 7 heteroatoms. The van der Waals surface area contributed by atoms with Crippen LogP contribution in [0.2, 0.25) is 0 Å². The van der Waals surface area contributed by atoms with Crippen LogP contribution >= 0.6 is 0 Å². The molecule has 25 heavy (non-hydrogen) atoms. The van der Waals surface area contributed by atoms with E-state index in [1.54, 1.807) is 0 Å². The molecule has 0 N–H and O–H groups in total. The van der Waals surface area contributed by atoms with Gasteiger partial charge in [-0.2, -0.15) is 4.68 Å². The van der Waals surface area contributed by atoms with Gasteiger partial charge in [0, 0.05) is 0 Å². The number of aryl methyl sites for hydroxylation is 2. The van der Waals surface area contributed by atoms with Gasteiger partial charge in [0.25, 0.3) is 0 Å². The quantitative estimate of drug-likeness (QED) is 0.642. The first-order valence-corrected chi connectivity index (χ1v) is 7.82. The minimum atomic E-state index is -0.485. The van der Waals surface area contributed by atoms with Crippen LogP contribution in [0.15, 0.2) is 48.5 Å². The third kappa shape index (κ3) is 4.20. The molecule has 0 saturated heterocycles. The summed E-state index contributed by atoms with van der Waals surface area (Å²) < 4.78 is 12.2. The number of rotatable bonds is 6. The summed E-state index contributed by atoms with van der Waals surface area (Å²) in [5.41, 5.74) is 3.07. The van der Waals surface area contributed by atoms with Gasteiger partial charge in [-0.15, -0.1) is 5.10 Å². The number of ether oxygens (including phenoxy) is 2. The third-order valence-electron chi connectivity index (χ3n) is 3.73. The van der Waals surface area contributed by atoms with Gasteiger partial charge in [0.1, 0.15) is 5.75 Å². The van der Waals surface area contributed by atoms with Crippen LogP contribution in [0, 0.1) is 13.8 Å². The van der Waals surface area contributed by atoms with E-state index in [-0.39, 0.29) is 13.2 Å². The number of carbonyl (C=O) groups excluding carboxylic acids is 1. The molecule has 1 heterocycles. The number of para-hydroxylation sites is 1. The van der Waals surface area contributed by atoms with E-state index in [4.69, 9.17) is 9.47 Å². The summed E-state index contributed by atoms with van der Waals surface area (Å²) in [5.74, 6) is 0.584. The predicted octanol–water partition coefficient (Wildman–Crippen LogP) is 2.40. The molecule has 0 bridgehead atoms. The Morgan fingerprint density at radius 2 is 1.88 bits per heavy atom. The topological polar surface area (TPSA) is 79.1 Å². The molecule has 0 unspecified atom stereocenters. The molecular weight excluding hydrogens is 320 g/mol. The number of hydrogen-bond acceptors (Lipinski definition) is 6. The molecule has 7 nitrogen and oxygen atoms in total. The normalized spacial score (nSPS) is 10.5. The molecule has 0 aliphatic rings. The van der Waals surface area contributed by atoms with E-state index in [0.29, 0.717) is 11.6 Å². The molecule has 3 aromatic rings. The van der Waals surface area contributed by atoms with Gasteiger partial charge in [-0.3, -0.25) is 0 Å². The number of hydrogen-bond donors (Lipinski definition) is 0. The lowest BCUT2D eigenvalue weighted by atomic mass is 10.1. The number of tetrazole rings is 1. The highest BCUT2D eigenvalue weighted by Crippen LogP contribution is 2.16. The standard InChI is InChI=1S/C18H18N4O3/c1-13-8-9-16(10-14(13)2)24-12-18(23)25-11-17-19-20-21-22(17)15-6-4-3-5-7-15/h3-10H,11-12H2,1-2H3. The van der Waals surface area contributed by atoms with Crippen molar-refractivity contribution in [1.29, 1.82) is 0 Å². The molecule has 128 valence electrons. The summed E-state index contributed by atoms with van der Waals surface area (Å²) in [6.07, 6.45) is 0. The maximum absolute atomic E-state index is 11.9. The first-order chi connectivity index (χ1) is 12.1. The summed E-state index contributed by atoms with van der Waals surface area (Å²) in [6, 6.07) is 15.1. The van der Waals surface area contributed by atoms with Gasteiger partial charge >= 0.3 is 5.97 Å². The summed E-state index contributed by atoms with van der Waals surface area (Å²) in [5, 5.41) is 11.4. The molecule has 0 aliphatic heterocycles. The Hall–Kier alpha value is -3.22. The summed E-state index contributed by atoms with van der Waals surface area (Å²) in [4.78, 5) is 11.9. The van der Waals surface area contributed by atoms with Crippen molar-refractivity contribution in [3.8, 4) is 11.4 Å². The lowest BCUT2D eigenvalue weighted by Crippen LogP contribution is -2.16. The second-order valence-electron chi connectivity index (χ2n) is 5.54. The maximum Gasteiger partial charge on any atom is 0.344 e. The average Bonchev–Trinajstić information content (AvgIpc) is 3.10. The smallest absolute Gasteiger partial charge is 0.344 e. The second kappa shape index (κ2) is 7.57. The van der Waals surface area contributed by atoms with Crippen LogP contribution < -0.4 is 4.74 Å². The van der Waals surface area contributed by atoms with E-state index < -0.39 is 5.97 Å². The van der Waals surface area contributed by atoms with Gasteiger partial charge in [-0.25, -0.2) is 4.79 Å². The Balaban J connectivity index is 1.55. The molecule has 1 aromatic heterocycles. The molecule has 0 saturated carbocycles. The molecule has 0 radical (unpaired) electrons.